The van der Waals surface area contributed by atoms with Crippen LogP contribution >= 0.6 is 11.8 Å². The van der Waals surface area contributed by atoms with Gasteiger partial charge in [-0.3, -0.25) is 9.59 Å². The fourth-order valence-electron chi connectivity index (χ4n) is 3.24. The van der Waals surface area contributed by atoms with Crippen LogP contribution in [0.5, 0.6) is 0 Å². The van der Waals surface area contributed by atoms with Gasteiger partial charge in [0.05, 0.1) is 22.7 Å². The average molecular weight is 423 g/mol. The number of aromatic nitrogens is 2. The average Bonchev–Trinajstić information content (AvgIpc) is 3.22. The Balaban J connectivity index is 1.59. The predicted octanol–water partition coefficient (Wildman–Crippen LogP) is 4.25. The van der Waals surface area contributed by atoms with E-state index in [0.717, 1.165) is 16.1 Å². The molecule has 0 radical (unpaired) electrons. The van der Waals surface area contributed by atoms with E-state index in [0.29, 0.717) is 28.7 Å². The molecule has 0 aliphatic carbocycles. The first-order valence-corrected chi connectivity index (χ1v) is 10.7. The fourth-order valence-corrected chi connectivity index (χ4v) is 4.18. The summed E-state index contributed by atoms with van der Waals surface area (Å²) in [6.07, 6.45) is 0. The van der Waals surface area contributed by atoms with Gasteiger partial charge in [0.1, 0.15) is 6.54 Å². The molecular weight excluding hydrogens is 400 g/mol. The summed E-state index contributed by atoms with van der Waals surface area (Å²) < 4.78 is 5.42. The minimum atomic E-state index is -0.288. The normalized spacial score (nSPS) is 13.5. The van der Waals surface area contributed by atoms with Crippen molar-refractivity contribution in [1.82, 2.24) is 10.1 Å². The van der Waals surface area contributed by atoms with Crippen LogP contribution in [-0.4, -0.2) is 34.3 Å². The van der Waals surface area contributed by atoms with E-state index in [4.69, 9.17) is 4.52 Å². The van der Waals surface area contributed by atoms with Gasteiger partial charge in [-0.25, -0.2) is 0 Å². The molecule has 0 fully saturated rings. The molecule has 0 spiro atoms. The topological polar surface area (TPSA) is 88.3 Å². The number of carbonyl (C=O) groups is 2. The van der Waals surface area contributed by atoms with Crippen LogP contribution < -0.4 is 10.2 Å². The number of amides is 2. The lowest BCUT2D eigenvalue weighted by molar-refractivity contribution is -0.120. The highest BCUT2D eigenvalue weighted by atomic mass is 32.2. The van der Waals surface area contributed by atoms with Crippen LogP contribution in [0.3, 0.4) is 0 Å². The van der Waals surface area contributed by atoms with E-state index in [1.165, 1.54) is 16.7 Å². The molecule has 0 atom stereocenters. The lowest BCUT2D eigenvalue weighted by atomic mass is 10.1. The van der Waals surface area contributed by atoms with Crippen molar-refractivity contribution in [1.29, 1.82) is 0 Å². The van der Waals surface area contributed by atoms with Crippen molar-refractivity contribution in [3.05, 3.63) is 53.9 Å². The third kappa shape index (κ3) is 3.95. The van der Waals surface area contributed by atoms with Crippen molar-refractivity contribution < 1.29 is 14.1 Å². The van der Waals surface area contributed by atoms with Gasteiger partial charge in [0, 0.05) is 10.8 Å². The number of fused-ring (bicyclic) bond motifs is 1. The van der Waals surface area contributed by atoms with Gasteiger partial charge in [-0.15, -0.1) is 11.8 Å². The van der Waals surface area contributed by atoms with Gasteiger partial charge in [0.25, 0.3) is 5.89 Å². The van der Waals surface area contributed by atoms with Gasteiger partial charge in [0.15, 0.2) is 5.82 Å². The number of aryl methyl sites for hydroxylation is 1. The molecular formula is C22H22N4O3S. The van der Waals surface area contributed by atoms with Crippen LogP contribution in [0.15, 0.2) is 51.9 Å². The van der Waals surface area contributed by atoms with Crippen LogP contribution in [0.25, 0.3) is 11.5 Å². The first-order valence-electron chi connectivity index (χ1n) is 9.69. The second kappa shape index (κ2) is 8.31. The number of hydrogen-bond acceptors (Lipinski definition) is 6. The molecule has 0 saturated carbocycles. The molecule has 1 aromatic heterocycles. The molecule has 8 heteroatoms. The number of nitrogens with one attached hydrogen (secondary N) is 1. The maximum absolute atomic E-state index is 12.9. The molecule has 154 valence electrons. The molecule has 0 bridgehead atoms. The van der Waals surface area contributed by atoms with Gasteiger partial charge in [-0.05, 0) is 30.7 Å². The van der Waals surface area contributed by atoms with Crippen molar-refractivity contribution >= 4 is 35.0 Å². The van der Waals surface area contributed by atoms with Crippen molar-refractivity contribution in [2.75, 3.05) is 22.5 Å². The smallest absolute Gasteiger partial charge is 0.260 e. The second-order valence-corrected chi connectivity index (χ2v) is 8.41. The van der Waals surface area contributed by atoms with E-state index in [2.05, 4.69) is 15.5 Å². The number of anilines is 2. The molecule has 1 N–H and O–H groups in total. The van der Waals surface area contributed by atoms with Gasteiger partial charge in [-0.2, -0.15) is 4.98 Å². The van der Waals surface area contributed by atoms with Crippen LogP contribution in [0.1, 0.15) is 31.2 Å². The highest BCUT2D eigenvalue weighted by Gasteiger charge is 2.27. The van der Waals surface area contributed by atoms with Crippen molar-refractivity contribution in [2.24, 2.45) is 0 Å². The zero-order chi connectivity index (χ0) is 21.3. The number of nitrogens with zero attached hydrogens (tertiary/aromatic N) is 3. The number of thioether (sulfide) groups is 1. The maximum Gasteiger partial charge on any atom is 0.260 e. The number of para-hydroxylation sites is 2. The van der Waals surface area contributed by atoms with Crippen LogP contribution in [0.2, 0.25) is 0 Å². The first kappa shape index (κ1) is 20.2. The number of carbonyl (C=O) groups excluding carboxylic acids is 2. The lowest BCUT2D eigenvalue weighted by Crippen LogP contribution is -2.41. The summed E-state index contributed by atoms with van der Waals surface area (Å²) in [5, 5.41) is 6.96. The summed E-state index contributed by atoms with van der Waals surface area (Å²) in [5.41, 5.74) is 2.89. The SMILES string of the molecule is Cc1cccc(-c2nc(C(C)C)no2)c1NC(=O)CN1C(=O)CSc2ccccc21. The molecule has 30 heavy (non-hydrogen) atoms. The Kier molecular flexibility index (Phi) is 5.59. The molecule has 4 rings (SSSR count). The fraction of sp³-hybridized carbons (Fsp3) is 0.273. The van der Waals surface area contributed by atoms with Crippen LogP contribution in [0, 0.1) is 6.92 Å². The van der Waals surface area contributed by atoms with Gasteiger partial charge in [0.2, 0.25) is 11.8 Å². The summed E-state index contributed by atoms with van der Waals surface area (Å²) in [5.74, 6) is 1.04. The van der Waals surface area contributed by atoms with E-state index < -0.39 is 0 Å². The third-order valence-electron chi connectivity index (χ3n) is 4.84. The van der Waals surface area contributed by atoms with E-state index in [-0.39, 0.29) is 24.3 Å². The summed E-state index contributed by atoms with van der Waals surface area (Å²) >= 11 is 1.49. The molecule has 2 heterocycles. The molecule has 7 nitrogen and oxygen atoms in total. The molecule has 1 aliphatic rings. The van der Waals surface area contributed by atoms with Crippen molar-refractivity contribution in [3.8, 4) is 11.5 Å². The van der Waals surface area contributed by atoms with Gasteiger partial charge < -0.3 is 14.7 Å². The molecule has 0 unspecified atom stereocenters. The number of hydrogen-bond donors (Lipinski definition) is 1. The first-order chi connectivity index (χ1) is 14.4. The highest BCUT2D eigenvalue weighted by Crippen LogP contribution is 2.35. The third-order valence-corrected chi connectivity index (χ3v) is 5.88. The zero-order valence-electron chi connectivity index (χ0n) is 17.0. The molecule has 1 aliphatic heterocycles. The molecule has 3 aromatic rings. The highest BCUT2D eigenvalue weighted by molar-refractivity contribution is 8.00. The molecule has 0 saturated heterocycles. The zero-order valence-corrected chi connectivity index (χ0v) is 17.8. The van der Waals surface area contributed by atoms with Gasteiger partial charge in [-0.1, -0.05) is 43.3 Å². The summed E-state index contributed by atoms with van der Waals surface area (Å²) in [7, 11) is 0. The second-order valence-electron chi connectivity index (χ2n) is 7.39. The largest absolute Gasteiger partial charge is 0.334 e. The van der Waals surface area contributed by atoms with Gasteiger partial charge >= 0.3 is 0 Å². The van der Waals surface area contributed by atoms with E-state index >= 15 is 0 Å². The van der Waals surface area contributed by atoms with E-state index in [1.807, 2.05) is 63.2 Å². The van der Waals surface area contributed by atoms with Crippen molar-refractivity contribution in [2.45, 2.75) is 31.6 Å². The standard InChI is InChI=1S/C22H22N4O3S/c1-13(2)21-24-22(29-25-21)15-8-6-7-14(3)20(15)23-18(27)11-26-16-9-4-5-10-17(16)30-12-19(26)28/h4-10,13H,11-12H2,1-3H3,(H,23,27). The minimum absolute atomic E-state index is 0.0642. The Morgan fingerprint density at radius 1 is 1.23 bits per heavy atom. The van der Waals surface area contributed by atoms with E-state index in [9.17, 15) is 9.59 Å². The number of benzene rings is 2. The molecule has 2 amide bonds. The summed E-state index contributed by atoms with van der Waals surface area (Å²) in [6.45, 7) is 5.81. The van der Waals surface area contributed by atoms with Crippen LogP contribution in [0.4, 0.5) is 11.4 Å². The maximum atomic E-state index is 12.9. The Bertz CT molecular complexity index is 1110. The predicted molar refractivity (Wildman–Crippen MR) is 117 cm³/mol. The van der Waals surface area contributed by atoms with Crippen molar-refractivity contribution in [3.63, 3.8) is 0 Å². The number of rotatable bonds is 5. The lowest BCUT2D eigenvalue weighted by Gasteiger charge is -2.28. The van der Waals surface area contributed by atoms with E-state index in [1.54, 1.807) is 0 Å². The monoisotopic (exact) mass is 422 g/mol. The van der Waals surface area contributed by atoms with Crippen LogP contribution in [-0.2, 0) is 9.59 Å². The Hall–Kier alpha value is -3.13. The summed E-state index contributed by atoms with van der Waals surface area (Å²) in [4.78, 5) is 32.3. The quantitative estimate of drug-likeness (QED) is 0.661. The Morgan fingerprint density at radius 2 is 2.03 bits per heavy atom. The Labute approximate surface area is 178 Å². The summed E-state index contributed by atoms with van der Waals surface area (Å²) in [6, 6.07) is 13.2. The minimum Gasteiger partial charge on any atom is -0.334 e. The Morgan fingerprint density at radius 3 is 2.80 bits per heavy atom. The molecule has 2 aromatic carbocycles.